The predicted molar refractivity (Wildman–Crippen MR) is 177 cm³/mol. The van der Waals surface area contributed by atoms with Crippen molar-refractivity contribution in [2.24, 2.45) is 16.7 Å². The third-order valence-electron chi connectivity index (χ3n) is 12.0. The first-order valence-electron chi connectivity index (χ1n) is 17.1. The van der Waals surface area contributed by atoms with Crippen molar-refractivity contribution >= 4 is 33.5 Å². The van der Waals surface area contributed by atoms with E-state index in [0.717, 1.165) is 69.8 Å². The van der Waals surface area contributed by atoms with Crippen LogP contribution in [0.3, 0.4) is 0 Å². The summed E-state index contributed by atoms with van der Waals surface area (Å²) < 4.78 is 43.0. The molecule has 0 aromatic heterocycles. The second-order valence-corrected chi connectivity index (χ2v) is 16.8. The van der Waals surface area contributed by atoms with Gasteiger partial charge in [0.25, 0.3) is 0 Å². The van der Waals surface area contributed by atoms with E-state index in [2.05, 4.69) is 13.8 Å². The van der Waals surface area contributed by atoms with Crippen molar-refractivity contribution in [3.05, 3.63) is 29.8 Å². The fourth-order valence-electron chi connectivity index (χ4n) is 9.14. The Labute approximate surface area is 275 Å². The van der Waals surface area contributed by atoms with E-state index < -0.39 is 33.6 Å². The quantitative estimate of drug-likeness (QED) is 0.183. The van der Waals surface area contributed by atoms with E-state index >= 15 is 0 Å². The third-order valence-corrected chi connectivity index (χ3v) is 14.3. The first kappa shape index (κ1) is 34.5. The van der Waals surface area contributed by atoms with Gasteiger partial charge >= 0.3 is 5.97 Å². The zero-order valence-corrected chi connectivity index (χ0v) is 29.2. The number of alkyl halides is 1. The summed E-state index contributed by atoms with van der Waals surface area (Å²) in [6.07, 6.45) is 12.2. The third kappa shape index (κ3) is 6.92. The van der Waals surface area contributed by atoms with Crippen LogP contribution in [0.25, 0.3) is 0 Å². The maximum absolute atomic E-state index is 14.7. The zero-order chi connectivity index (χ0) is 32.4. The van der Waals surface area contributed by atoms with Crippen LogP contribution < -0.4 is 4.74 Å². The van der Waals surface area contributed by atoms with Crippen molar-refractivity contribution < 1.29 is 27.5 Å². The van der Waals surface area contributed by atoms with Crippen LogP contribution in [0.1, 0.15) is 110 Å². The van der Waals surface area contributed by atoms with Gasteiger partial charge in [0.05, 0.1) is 12.9 Å². The van der Waals surface area contributed by atoms with E-state index in [0.29, 0.717) is 12.2 Å². The van der Waals surface area contributed by atoms with Crippen molar-refractivity contribution in [1.82, 2.24) is 9.21 Å². The summed E-state index contributed by atoms with van der Waals surface area (Å²) in [6, 6.07) is 6.59. The second kappa shape index (κ2) is 14.1. The molecule has 1 amide bonds. The number of amides is 1. The zero-order valence-electron chi connectivity index (χ0n) is 27.6. The molecule has 0 radical (unpaired) electrons. The van der Waals surface area contributed by atoms with Gasteiger partial charge in [0.15, 0.2) is 0 Å². The van der Waals surface area contributed by atoms with Gasteiger partial charge in [0.2, 0.25) is 15.9 Å². The van der Waals surface area contributed by atoms with Gasteiger partial charge in [0, 0.05) is 24.0 Å². The van der Waals surface area contributed by atoms with Crippen LogP contribution in [0.2, 0.25) is 0 Å². The number of methoxy groups -OCH3 is 1. The van der Waals surface area contributed by atoms with Gasteiger partial charge in [-0.3, -0.25) is 4.79 Å². The molecule has 0 spiro atoms. The molecule has 4 aliphatic rings. The van der Waals surface area contributed by atoms with E-state index in [1.807, 2.05) is 28.6 Å². The second-order valence-electron chi connectivity index (χ2n) is 14.6. The van der Waals surface area contributed by atoms with Gasteiger partial charge in [-0.25, -0.2) is 13.2 Å². The summed E-state index contributed by atoms with van der Waals surface area (Å²) in [4.78, 5) is 28.2. The van der Waals surface area contributed by atoms with E-state index in [-0.39, 0.29) is 47.5 Å². The Morgan fingerprint density at radius 3 is 2.04 bits per heavy atom. The monoisotopic (exact) mass is 664 g/mol. The molecule has 0 N–H and O–H groups in total. The summed E-state index contributed by atoms with van der Waals surface area (Å²) in [7, 11) is -2.05. The number of benzene rings is 1. The molecule has 1 aromatic carbocycles. The van der Waals surface area contributed by atoms with Crippen LogP contribution >= 0.6 is 11.6 Å². The lowest BCUT2D eigenvalue weighted by atomic mass is 9.69. The molecule has 8 nitrogen and oxygen atoms in total. The molecule has 252 valence electrons. The molecule has 0 aliphatic heterocycles. The van der Waals surface area contributed by atoms with Gasteiger partial charge < -0.3 is 14.4 Å². The van der Waals surface area contributed by atoms with Crippen molar-refractivity contribution in [3.8, 4) is 5.75 Å². The summed E-state index contributed by atoms with van der Waals surface area (Å²) >= 11 is 5.99. The first-order valence-corrected chi connectivity index (χ1v) is 19.3. The largest absolute Gasteiger partial charge is 0.497 e. The summed E-state index contributed by atoms with van der Waals surface area (Å²) in [5, 5.41) is 0. The molecule has 4 fully saturated rings. The fourth-order valence-corrected chi connectivity index (χ4v) is 12.1. The molecule has 5 rings (SSSR count). The maximum atomic E-state index is 14.7. The number of rotatable bonds is 12. The molecular weight excluding hydrogens is 612 g/mol. The van der Waals surface area contributed by atoms with Crippen molar-refractivity contribution in [2.45, 2.75) is 135 Å². The van der Waals surface area contributed by atoms with Crippen molar-refractivity contribution in [2.75, 3.05) is 18.7 Å². The van der Waals surface area contributed by atoms with Crippen LogP contribution in [0.15, 0.2) is 24.3 Å². The topological polar surface area (TPSA) is 93.2 Å². The van der Waals surface area contributed by atoms with E-state index in [4.69, 9.17) is 21.1 Å². The van der Waals surface area contributed by atoms with Crippen molar-refractivity contribution in [3.63, 3.8) is 0 Å². The highest BCUT2D eigenvalue weighted by molar-refractivity contribution is 7.89. The standard InChI is InChI=1S/C35H53ClN2O6S/c1-25(37(32(39)22-36)23-26-15-17-30(43-4)18-16-26)33(40)44-31-21-27-19-20-35(31,34(27,2)3)24-45(41,42)38(28-11-7-5-8-12-28)29-13-9-6-10-14-29/h15-18,25,27-29,31H,5-14,19-24H2,1-4H3/t25-,27-,31-,35-/m0/s1. The average molecular weight is 665 g/mol. The van der Waals surface area contributed by atoms with Crippen LogP contribution in [0.4, 0.5) is 0 Å². The van der Waals surface area contributed by atoms with Crippen molar-refractivity contribution in [1.29, 1.82) is 0 Å². The smallest absolute Gasteiger partial charge is 0.328 e. The number of nitrogens with zero attached hydrogens (tertiary/aromatic N) is 2. The Kier molecular flexibility index (Phi) is 10.8. The van der Waals surface area contributed by atoms with Crippen LogP contribution in [0, 0.1) is 16.7 Å². The molecular formula is C35H53ClN2O6S. The van der Waals surface area contributed by atoms with Gasteiger partial charge in [-0.1, -0.05) is 64.5 Å². The minimum Gasteiger partial charge on any atom is -0.497 e. The molecule has 4 atom stereocenters. The lowest BCUT2D eigenvalue weighted by Crippen LogP contribution is -2.55. The highest BCUT2D eigenvalue weighted by atomic mass is 35.5. The predicted octanol–water partition coefficient (Wildman–Crippen LogP) is 6.69. The number of halogens is 1. The molecule has 4 saturated carbocycles. The number of fused-ring (bicyclic) bond motifs is 2. The van der Waals surface area contributed by atoms with Gasteiger partial charge in [-0.05, 0) is 80.9 Å². The van der Waals surface area contributed by atoms with Crippen LogP contribution in [0.5, 0.6) is 5.75 Å². The fraction of sp³-hybridized carbons (Fsp3) is 0.771. The Hall–Kier alpha value is -1.84. The highest BCUT2D eigenvalue weighted by Gasteiger charge is 2.67. The minimum absolute atomic E-state index is 0.0129. The number of hydrogen-bond acceptors (Lipinski definition) is 6. The lowest BCUT2D eigenvalue weighted by Gasteiger charge is -2.46. The van der Waals surface area contributed by atoms with Gasteiger partial charge in [0.1, 0.15) is 23.8 Å². The average Bonchev–Trinajstić information content (AvgIpc) is 3.39. The number of hydrogen-bond donors (Lipinski definition) is 0. The Bertz CT molecular complexity index is 1270. The van der Waals surface area contributed by atoms with Crippen LogP contribution in [-0.2, 0) is 30.9 Å². The number of ether oxygens (including phenoxy) is 2. The van der Waals surface area contributed by atoms with E-state index in [1.54, 1.807) is 14.0 Å². The Morgan fingerprint density at radius 2 is 1.53 bits per heavy atom. The molecule has 10 heteroatoms. The molecule has 1 aromatic rings. The summed E-state index contributed by atoms with van der Waals surface area (Å²) in [6.45, 7) is 6.22. The molecule has 0 saturated heterocycles. The van der Waals surface area contributed by atoms with Gasteiger partial charge in [-0.2, -0.15) is 4.31 Å². The number of carbonyl (C=O) groups excluding carboxylic acids is 2. The normalized spacial score (nSPS) is 27.8. The molecule has 0 unspecified atom stereocenters. The van der Waals surface area contributed by atoms with E-state index in [1.165, 1.54) is 17.7 Å². The lowest BCUT2D eigenvalue weighted by molar-refractivity contribution is -0.165. The van der Waals surface area contributed by atoms with Gasteiger partial charge in [-0.15, -0.1) is 11.6 Å². The molecule has 2 bridgehead atoms. The highest BCUT2D eigenvalue weighted by Crippen LogP contribution is 2.67. The van der Waals surface area contributed by atoms with E-state index in [9.17, 15) is 18.0 Å². The Morgan fingerprint density at radius 1 is 0.956 bits per heavy atom. The van der Waals surface area contributed by atoms with Crippen LogP contribution in [-0.4, -0.2) is 72.5 Å². The number of esters is 1. The maximum Gasteiger partial charge on any atom is 0.328 e. The molecule has 45 heavy (non-hydrogen) atoms. The minimum atomic E-state index is -3.64. The molecule has 4 aliphatic carbocycles. The summed E-state index contributed by atoms with van der Waals surface area (Å²) in [5.74, 6) is -0.141. The SMILES string of the molecule is COc1ccc(CN(C(=O)CCl)[C@@H](C)C(=O)O[C@H]2C[C@@H]3CC[C@@]2(CS(=O)(=O)N(C2CCCCC2)C2CCCCC2)C3(C)C)cc1. The first-order chi connectivity index (χ1) is 21.4. The summed E-state index contributed by atoms with van der Waals surface area (Å²) in [5.41, 5.74) is -0.137. The molecule has 0 heterocycles. The Balaban J connectivity index is 1.38. The number of sulfonamides is 1. The number of carbonyl (C=O) groups is 2.